The van der Waals surface area contributed by atoms with Crippen molar-refractivity contribution in [2.75, 3.05) is 0 Å². The van der Waals surface area contributed by atoms with Crippen molar-refractivity contribution in [1.82, 2.24) is 0 Å². The molecular formula is C88H124O12. The van der Waals surface area contributed by atoms with Gasteiger partial charge in [-0.05, 0) is 279 Å². The Morgan fingerprint density at radius 1 is 0.440 bits per heavy atom. The van der Waals surface area contributed by atoms with E-state index in [0.717, 1.165) is 212 Å². The summed E-state index contributed by atoms with van der Waals surface area (Å²) in [4.78, 5) is 54.4. The Labute approximate surface area is 601 Å². The summed E-state index contributed by atoms with van der Waals surface area (Å²) in [6, 6.07) is 15.2. The summed E-state index contributed by atoms with van der Waals surface area (Å²) >= 11 is 0. The summed E-state index contributed by atoms with van der Waals surface area (Å²) in [7, 11) is 0. The Balaban J connectivity index is 0.000000281. The number of phenols is 2. The van der Waals surface area contributed by atoms with Gasteiger partial charge in [-0.25, -0.2) is 19.2 Å². The van der Waals surface area contributed by atoms with Gasteiger partial charge in [-0.15, -0.1) is 0 Å². The number of esters is 4. The molecule has 4 aromatic rings. The Bertz CT molecular complexity index is 3310. The topological polar surface area (TPSA) is 164 Å². The number of carbonyl (C=O) groups excluding carboxylic acids is 4. The van der Waals surface area contributed by atoms with E-state index in [9.17, 15) is 29.4 Å². The minimum absolute atomic E-state index is 0.0644. The van der Waals surface area contributed by atoms with Crippen molar-refractivity contribution in [2.24, 2.45) is 23.7 Å². The Hall–Kier alpha value is -7.08. The van der Waals surface area contributed by atoms with Gasteiger partial charge in [0, 0.05) is 34.1 Å². The first-order valence-electron chi connectivity index (χ1n) is 38.5. The van der Waals surface area contributed by atoms with E-state index in [4.69, 9.17) is 28.4 Å². The fraction of sp³-hybridized carbons (Fsp3) is 0.591. The number of allylic oxidation sites excluding steroid dienone is 8. The Morgan fingerprint density at radius 3 is 1.07 bits per heavy atom. The van der Waals surface area contributed by atoms with Crippen LogP contribution >= 0.6 is 0 Å². The maximum absolute atomic E-state index is 13.6. The van der Waals surface area contributed by atoms with Gasteiger partial charge >= 0.3 is 23.9 Å². The van der Waals surface area contributed by atoms with Gasteiger partial charge in [-0.1, -0.05) is 152 Å². The molecule has 0 saturated heterocycles. The molecule has 2 aliphatic carbocycles. The molecule has 4 aromatic carbocycles. The first-order valence-corrected chi connectivity index (χ1v) is 38.5. The zero-order chi connectivity index (χ0) is 72.8. The second-order valence-electron chi connectivity index (χ2n) is 31.4. The van der Waals surface area contributed by atoms with Gasteiger partial charge in [-0.2, -0.15) is 0 Å². The molecule has 2 fully saturated rings. The van der Waals surface area contributed by atoms with E-state index in [1.807, 2.05) is 12.1 Å². The van der Waals surface area contributed by atoms with Gasteiger partial charge in [0.15, 0.2) is 0 Å². The minimum Gasteiger partial charge on any atom is -0.508 e. The molecule has 12 nitrogen and oxygen atoms in total. The van der Waals surface area contributed by atoms with Gasteiger partial charge in [0.2, 0.25) is 0 Å². The van der Waals surface area contributed by atoms with Crippen LogP contribution in [0, 0.1) is 23.7 Å². The van der Waals surface area contributed by atoms with Crippen LogP contribution in [0.5, 0.6) is 46.0 Å². The van der Waals surface area contributed by atoms with E-state index in [1.54, 1.807) is 24.3 Å². The van der Waals surface area contributed by atoms with Crippen LogP contribution in [0.25, 0.3) is 0 Å². The third-order valence-electron chi connectivity index (χ3n) is 21.2. The molecule has 0 bridgehead atoms. The summed E-state index contributed by atoms with van der Waals surface area (Å²) in [5.74, 6) is 0.477. The van der Waals surface area contributed by atoms with Crippen LogP contribution in [0.4, 0.5) is 0 Å². The van der Waals surface area contributed by atoms with Crippen molar-refractivity contribution in [3.63, 3.8) is 0 Å². The maximum atomic E-state index is 13.6. The van der Waals surface area contributed by atoms with Gasteiger partial charge in [-0.3, -0.25) is 0 Å². The van der Waals surface area contributed by atoms with E-state index in [2.05, 4.69) is 147 Å². The highest BCUT2D eigenvalue weighted by atomic mass is 16.6. The number of hydrogen-bond donors (Lipinski definition) is 2. The molecule has 2 N–H and O–H groups in total. The third kappa shape index (κ3) is 23.0. The van der Waals surface area contributed by atoms with E-state index in [0.29, 0.717) is 47.3 Å². The highest BCUT2D eigenvalue weighted by Crippen LogP contribution is 2.58. The molecule has 2 saturated carbocycles. The number of carbonyl (C=O) groups is 4. The molecule has 100 heavy (non-hydrogen) atoms. The van der Waals surface area contributed by atoms with Crippen LogP contribution in [-0.2, 0) is 57.7 Å². The number of unbranched alkanes of at least 4 members (excludes halogenated alkanes) is 8. The zero-order valence-corrected chi connectivity index (χ0v) is 64.2. The summed E-state index contributed by atoms with van der Waals surface area (Å²) in [5.41, 5.74) is 10.8. The van der Waals surface area contributed by atoms with E-state index in [-0.39, 0.29) is 57.9 Å². The van der Waals surface area contributed by atoms with Crippen molar-refractivity contribution in [2.45, 2.75) is 314 Å². The normalized spacial score (nSPS) is 19.5. The molecule has 0 radical (unpaired) electrons. The summed E-state index contributed by atoms with van der Waals surface area (Å²) < 4.78 is 37.0. The number of aromatic hydroxyl groups is 2. The highest BCUT2D eigenvalue weighted by molar-refractivity contribution is 6.31. The molecule has 8 rings (SSSR count). The van der Waals surface area contributed by atoms with Gasteiger partial charge < -0.3 is 38.6 Å². The summed E-state index contributed by atoms with van der Waals surface area (Å²) in [6.07, 6.45) is 35.0. The lowest BCUT2D eigenvalue weighted by Gasteiger charge is -2.49. The van der Waals surface area contributed by atoms with Gasteiger partial charge in [0.25, 0.3) is 0 Å². The van der Waals surface area contributed by atoms with Crippen molar-refractivity contribution in [3.8, 4) is 46.0 Å². The molecule has 4 aliphatic rings. The van der Waals surface area contributed by atoms with Crippen LogP contribution in [0.1, 0.15) is 308 Å². The second-order valence-corrected chi connectivity index (χ2v) is 31.4. The van der Waals surface area contributed by atoms with Gasteiger partial charge in [0.05, 0.1) is 0 Å². The monoisotopic (exact) mass is 1370 g/mol. The molecule has 2 heterocycles. The number of rotatable bonds is 30. The van der Waals surface area contributed by atoms with Gasteiger partial charge in [0.1, 0.15) is 57.2 Å². The summed E-state index contributed by atoms with van der Waals surface area (Å²) in [6.45, 7) is 34.4. The number of ether oxygens (including phenoxy) is 6. The van der Waals surface area contributed by atoms with Crippen LogP contribution in [0.2, 0.25) is 0 Å². The number of benzene rings is 4. The summed E-state index contributed by atoms with van der Waals surface area (Å²) in [5, 5.41) is 22.3. The fourth-order valence-corrected chi connectivity index (χ4v) is 15.5. The number of hydrogen-bond acceptors (Lipinski definition) is 12. The number of aryl methyl sites for hydroxylation is 4. The standard InChI is InChI=1S/2C44H62O6/c2*1-9-11-13-18-32-25-37(45)34(22-20-30(5)17-15-16-29(3)4)38(26-32)48-42(46)43(47)49-39-27-33(19-14-12-10-2)28-40-41(39)35-24-31(6)21-23-36(35)44(7,8)50-40/h2*16,20,25-28,31,35-36,45H,9-15,17-19,21-24H2,1-8H3/b2*30-20+/t31-,35+,36+;31-,35-,36-/m01/s1. The number of fused-ring (bicyclic) bond motifs is 6. The molecule has 2 aliphatic heterocycles. The molecule has 0 amide bonds. The SMILES string of the molecule is CCCCCc1cc(O)c(C/C=C(\C)CCC=C(C)C)c(OC(=O)C(=O)Oc2cc(CCCCC)cc3c2[C@@H]2C[C@@H](C)CC[C@H]2C(C)(C)O3)c1.CCCCCc1cc(O)c(C/C=C(\C)CCC=C(C)C)c(OC(=O)C(=O)Oc2cc(CCCCC)cc3c2[C@@H]2C[C@H](C)CC[C@H]2C(C)(C)O3)c1. The molecule has 548 valence electrons. The Morgan fingerprint density at radius 2 is 0.750 bits per heavy atom. The van der Waals surface area contributed by atoms with Crippen LogP contribution in [0.3, 0.4) is 0 Å². The molecule has 6 atom stereocenters. The Kier molecular flexibility index (Phi) is 30.7. The lowest BCUT2D eigenvalue weighted by molar-refractivity contribution is -0.156. The third-order valence-corrected chi connectivity index (χ3v) is 21.2. The van der Waals surface area contributed by atoms with Crippen molar-refractivity contribution >= 4 is 23.9 Å². The van der Waals surface area contributed by atoms with Crippen molar-refractivity contribution in [1.29, 1.82) is 0 Å². The van der Waals surface area contributed by atoms with E-state index >= 15 is 0 Å². The second kappa shape index (κ2) is 38.3. The molecule has 0 aromatic heterocycles. The molecular weight excluding hydrogens is 1250 g/mol. The quantitative estimate of drug-likeness (QED) is 0.0167. The first kappa shape index (κ1) is 80.2. The smallest absolute Gasteiger partial charge is 0.423 e. The predicted octanol–water partition coefficient (Wildman–Crippen LogP) is 22.6. The molecule has 0 spiro atoms. The van der Waals surface area contributed by atoms with E-state index in [1.165, 1.54) is 22.3 Å². The maximum Gasteiger partial charge on any atom is 0.423 e. The average Bonchev–Trinajstić information content (AvgIpc) is 0.746. The van der Waals surface area contributed by atoms with Crippen LogP contribution in [0.15, 0.2) is 95.1 Å². The number of phenolic OH excluding ortho intramolecular Hbond substituents is 2. The minimum atomic E-state index is -1.10. The largest absolute Gasteiger partial charge is 0.508 e. The first-order chi connectivity index (χ1) is 47.6. The molecule has 0 unspecified atom stereocenters. The highest BCUT2D eigenvalue weighted by Gasteiger charge is 2.49. The van der Waals surface area contributed by atoms with Crippen LogP contribution in [-0.4, -0.2) is 45.3 Å². The lowest BCUT2D eigenvalue weighted by atomic mass is 9.64. The average molecular weight is 1370 g/mol. The van der Waals surface area contributed by atoms with Crippen molar-refractivity contribution in [3.05, 3.63) is 140 Å². The fourth-order valence-electron chi connectivity index (χ4n) is 15.5. The molecule has 12 heteroatoms. The zero-order valence-electron chi connectivity index (χ0n) is 64.2. The van der Waals surface area contributed by atoms with E-state index < -0.39 is 23.9 Å². The predicted molar refractivity (Wildman–Crippen MR) is 405 cm³/mol. The lowest BCUT2D eigenvalue weighted by Crippen LogP contribution is -2.47. The van der Waals surface area contributed by atoms with Crippen molar-refractivity contribution < 1.29 is 57.8 Å². The van der Waals surface area contributed by atoms with Crippen LogP contribution < -0.4 is 28.4 Å².